The third-order valence-corrected chi connectivity index (χ3v) is 5.72. The lowest BCUT2D eigenvalue weighted by Crippen LogP contribution is -2.31. The highest BCUT2D eigenvalue weighted by molar-refractivity contribution is 9.10. The normalized spacial score (nSPS) is 34.3. The van der Waals surface area contributed by atoms with Crippen molar-refractivity contribution >= 4 is 26.7 Å². The lowest BCUT2D eigenvalue weighted by Gasteiger charge is -2.22. The molecule has 4 atom stereocenters. The molecule has 0 bridgehead atoms. The van der Waals surface area contributed by atoms with Crippen LogP contribution < -0.4 is 5.32 Å². The summed E-state index contributed by atoms with van der Waals surface area (Å²) < 4.78 is 13.2. The molecule has 1 aliphatic rings. The summed E-state index contributed by atoms with van der Waals surface area (Å²) in [7, 11) is -0.747. The van der Waals surface area contributed by atoms with Crippen LogP contribution >= 0.6 is 15.9 Å². The largest absolute Gasteiger partial charge is 0.309 e. The van der Waals surface area contributed by atoms with Gasteiger partial charge < -0.3 is 5.32 Å². The summed E-state index contributed by atoms with van der Waals surface area (Å²) in [6.45, 7) is 5.17. The Morgan fingerprint density at radius 3 is 2.88 bits per heavy atom. The zero-order chi connectivity index (χ0) is 12.4. The lowest BCUT2D eigenvalue weighted by molar-refractivity contribution is 0.489. The Hall–Kier alpha value is -0.190. The molecule has 17 heavy (non-hydrogen) atoms. The number of halogens is 1. The molecule has 0 saturated carbocycles. The molecule has 4 unspecified atom stereocenters. The van der Waals surface area contributed by atoms with Gasteiger partial charge in [0.15, 0.2) is 0 Å². The first kappa shape index (κ1) is 13.2. The van der Waals surface area contributed by atoms with Gasteiger partial charge in [0.25, 0.3) is 0 Å². The van der Waals surface area contributed by atoms with Crippen LogP contribution in [0.5, 0.6) is 0 Å². The fraction of sp³-hybridized carbons (Fsp3) is 0.538. The lowest BCUT2D eigenvalue weighted by atomic mass is 10.0. The monoisotopic (exact) mass is 315 g/mol. The first-order valence-corrected chi connectivity index (χ1v) is 8.11. The number of benzene rings is 1. The van der Waals surface area contributed by atoms with Crippen molar-refractivity contribution in [3.63, 3.8) is 0 Å². The molecule has 94 valence electrons. The van der Waals surface area contributed by atoms with E-state index in [1.807, 2.05) is 12.1 Å². The van der Waals surface area contributed by atoms with Crippen LogP contribution in [0.15, 0.2) is 28.7 Å². The molecule has 4 heteroatoms. The smallest absolute Gasteiger partial charge is 0.0514 e. The van der Waals surface area contributed by atoms with E-state index in [2.05, 4.69) is 47.2 Å². The van der Waals surface area contributed by atoms with Crippen LogP contribution in [0, 0.1) is 5.92 Å². The minimum absolute atomic E-state index is 0.161. The molecule has 1 aromatic carbocycles. The van der Waals surface area contributed by atoms with Crippen molar-refractivity contribution in [2.24, 2.45) is 5.92 Å². The van der Waals surface area contributed by atoms with Gasteiger partial charge in [0.05, 0.1) is 5.25 Å². The van der Waals surface area contributed by atoms with E-state index in [1.54, 1.807) is 0 Å². The highest BCUT2D eigenvalue weighted by atomic mass is 79.9. The first-order valence-electron chi connectivity index (χ1n) is 5.94. The van der Waals surface area contributed by atoms with E-state index in [-0.39, 0.29) is 11.3 Å². The fourth-order valence-electron chi connectivity index (χ4n) is 2.23. The predicted octanol–water partition coefficient (Wildman–Crippen LogP) is 2.87. The summed E-state index contributed by atoms with van der Waals surface area (Å²) >= 11 is 3.49. The summed E-state index contributed by atoms with van der Waals surface area (Å²) in [5, 5.41) is 3.70. The summed E-state index contributed by atoms with van der Waals surface area (Å²) in [5.41, 5.74) is 1.22. The zero-order valence-electron chi connectivity index (χ0n) is 10.2. The van der Waals surface area contributed by atoms with Gasteiger partial charge in [-0.05, 0) is 37.1 Å². The van der Waals surface area contributed by atoms with Crippen LogP contribution in [-0.4, -0.2) is 21.8 Å². The Bertz CT molecular complexity index is 424. The number of hydrogen-bond donors (Lipinski definition) is 1. The minimum Gasteiger partial charge on any atom is -0.309 e. The van der Waals surface area contributed by atoms with Crippen molar-refractivity contribution in [3.05, 3.63) is 34.3 Å². The third-order valence-electron chi connectivity index (χ3n) is 3.23. The minimum atomic E-state index is -0.747. The average Bonchev–Trinajstić information content (AvgIpc) is 2.40. The molecule has 1 heterocycles. The van der Waals surface area contributed by atoms with Gasteiger partial charge >= 0.3 is 0 Å². The molecule has 1 saturated heterocycles. The molecule has 0 radical (unpaired) electrons. The quantitative estimate of drug-likeness (QED) is 0.863. The van der Waals surface area contributed by atoms with Crippen molar-refractivity contribution in [2.45, 2.75) is 25.1 Å². The maximum Gasteiger partial charge on any atom is 0.0514 e. The second-order valence-corrected chi connectivity index (χ2v) is 7.55. The topological polar surface area (TPSA) is 29.1 Å². The molecule has 1 fully saturated rings. The Morgan fingerprint density at radius 1 is 1.41 bits per heavy atom. The average molecular weight is 316 g/mol. The van der Waals surface area contributed by atoms with E-state index in [4.69, 9.17) is 0 Å². The van der Waals surface area contributed by atoms with Crippen LogP contribution in [-0.2, 0) is 10.8 Å². The Kier molecular flexibility index (Phi) is 4.39. The van der Waals surface area contributed by atoms with E-state index in [1.165, 1.54) is 5.56 Å². The van der Waals surface area contributed by atoms with Gasteiger partial charge in [-0.1, -0.05) is 35.0 Å². The van der Waals surface area contributed by atoms with Crippen molar-refractivity contribution in [1.82, 2.24) is 5.32 Å². The maximum atomic E-state index is 12.2. The third kappa shape index (κ3) is 3.18. The highest BCUT2D eigenvalue weighted by Gasteiger charge is 2.28. The van der Waals surface area contributed by atoms with E-state index in [0.717, 1.165) is 16.8 Å². The maximum absolute atomic E-state index is 12.2. The summed E-state index contributed by atoms with van der Waals surface area (Å²) in [6.07, 6.45) is 0. The van der Waals surface area contributed by atoms with Crippen LogP contribution in [0.4, 0.5) is 0 Å². The zero-order valence-corrected chi connectivity index (χ0v) is 12.6. The molecule has 1 N–H and O–H groups in total. The van der Waals surface area contributed by atoms with Gasteiger partial charge in [0.2, 0.25) is 0 Å². The molecule has 2 rings (SSSR count). The Labute approximate surface area is 114 Å². The molecule has 0 aliphatic carbocycles. The highest BCUT2D eigenvalue weighted by Crippen LogP contribution is 2.26. The van der Waals surface area contributed by atoms with E-state index >= 15 is 0 Å². The second kappa shape index (κ2) is 5.63. The molecule has 0 spiro atoms. The standard InChI is InChI=1S/C13H18BrNOS/c1-9-7-15-13(10(2)17(16)8-9)11-4-3-5-12(14)6-11/h3-6,9-10,13,15H,7-8H2,1-2H3. The van der Waals surface area contributed by atoms with E-state index < -0.39 is 10.8 Å². The van der Waals surface area contributed by atoms with E-state index in [9.17, 15) is 4.21 Å². The van der Waals surface area contributed by atoms with Crippen LogP contribution in [0.1, 0.15) is 25.5 Å². The van der Waals surface area contributed by atoms with E-state index in [0.29, 0.717) is 5.92 Å². The van der Waals surface area contributed by atoms with Gasteiger partial charge in [-0.3, -0.25) is 4.21 Å². The predicted molar refractivity (Wildman–Crippen MR) is 76.5 cm³/mol. The second-order valence-electron chi connectivity index (χ2n) is 4.80. The van der Waals surface area contributed by atoms with Crippen molar-refractivity contribution in [1.29, 1.82) is 0 Å². The molecule has 1 aromatic rings. The number of rotatable bonds is 1. The summed E-state index contributed by atoms with van der Waals surface area (Å²) in [6, 6.07) is 8.46. The number of hydrogen-bond acceptors (Lipinski definition) is 2. The molecular formula is C13H18BrNOS. The Morgan fingerprint density at radius 2 is 2.18 bits per heavy atom. The number of nitrogens with one attached hydrogen (secondary N) is 1. The summed E-state index contributed by atoms with van der Waals surface area (Å²) in [5.74, 6) is 1.29. The SMILES string of the molecule is CC1CNC(c2cccc(Br)c2)C(C)S(=O)C1. The first-order chi connectivity index (χ1) is 8.08. The van der Waals surface area contributed by atoms with Crippen molar-refractivity contribution < 1.29 is 4.21 Å². The fourth-order valence-corrected chi connectivity index (χ4v) is 4.18. The van der Waals surface area contributed by atoms with Crippen LogP contribution in [0.25, 0.3) is 0 Å². The van der Waals surface area contributed by atoms with Crippen LogP contribution in [0.3, 0.4) is 0 Å². The van der Waals surface area contributed by atoms with Crippen LogP contribution in [0.2, 0.25) is 0 Å². The van der Waals surface area contributed by atoms with Gasteiger partial charge in [-0.15, -0.1) is 0 Å². The Balaban J connectivity index is 2.27. The summed E-state index contributed by atoms with van der Waals surface area (Å²) in [4.78, 5) is 0. The van der Waals surface area contributed by atoms with Gasteiger partial charge in [0.1, 0.15) is 0 Å². The van der Waals surface area contributed by atoms with Crippen molar-refractivity contribution in [2.75, 3.05) is 12.3 Å². The molecule has 0 aromatic heterocycles. The molecule has 1 aliphatic heterocycles. The molecule has 2 nitrogen and oxygen atoms in total. The van der Waals surface area contributed by atoms with Crippen molar-refractivity contribution in [3.8, 4) is 0 Å². The van der Waals surface area contributed by atoms with Gasteiger partial charge in [-0.2, -0.15) is 0 Å². The van der Waals surface area contributed by atoms with Gasteiger partial charge in [-0.25, -0.2) is 0 Å². The van der Waals surface area contributed by atoms with Gasteiger partial charge in [0, 0.05) is 27.1 Å². The molecule has 0 amide bonds. The molecular weight excluding hydrogens is 298 g/mol.